The number of aromatic nitrogens is 1. The van der Waals surface area contributed by atoms with Gasteiger partial charge in [0.2, 0.25) is 5.91 Å². The molecule has 1 heterocycles. The maximum Gasteiger partial charge on any atom is 0.224 e. The average molecular weight is 395 g/mol. The molecule has 3 aliphatic rings. The standard InChI is InChI=1S/C24H30N2O3/c1-14-22(15(2)29-26-14)13-28-18-8-6-16(7-9-18)10-24(27)25-23-12-17-11-21(23)20-5-3-4-19(17)20/h6-9,17,19-21,23H,3-5,10-13H2,1-2H3,(H,25,27)/t17-,19+,20+,21+,23-/m1/s1. The maximum absolute atomic E-state index is 12.6. The van der Waals surface area contributed by atoms with Crippen LogP contribution in [0.2, 0.25) is 0 Å². The predicted molar refractivity (Wildman–Crippen MR) is 109 cm³/mol. The largest absolute Gasteiger partial charge is 0.489 e. The van der Waals surface area contributed by atoms with E-state index in [1.807, 2.05) is 38.1 Å². The first-order valence-corrected chi connectivity index (χ1v) is 11.0. The highest BCUT2D eigenvalue weighted by molar-refractivity contribution is 5.79. The Hall–Kier alpha value is -2.30. The molecule has 5 heteroatoms. The van der Waals surface area contributed by atoms with Gasteiger partial charge in [-0.2, -0.15) is 0 Å². The van der Waals surface area contributed by atoms with E-state index >= 15 is 0 Å². The fraction of sp³-hybridized carbons (Fsp3) is 0.583. The summed E-state index contributed by atoms with van der Waals surface area (Å²) >= 11 is 0. The molecular formula is C24H30N2O3. The van der Waals surface area contributed by atoms with Gasteiger partial charge in [0.05, 0.1) is 17.7 Å². The molecule has 1 aromatic carbocycles. The molecule has 1 amide bonds. The Morgan fingerprint density at radius 3 is 2.69 bits per heavy atom. The van der Waals surface area contributed by atoms with Crippen LogP contribution in [-0.4, -0.2) is 17.1 Å². The van der Waals surface area contributed by atoms with E-state index in [4.69, 9.17) is 9.26 Å². The van der Waals surface area contributed by atoms with Crippen molar-refractivity contribution in [1.29, 1.82) is 0 Å². The second-order valence-corrected chi connectivity index (χ2v) is 9.24. The minimum Gasteiger partial charge on any atom is -0.489 e. The zero-order valence-electron chi connectivity index (χ0n) is 17.3. The molecule has 5 nitrogen and oxygen atoms in total. The number of hydrogen-bond donors (Lipinski definition) is 1. The van der Waals surface area contributed by atoms with Crippen LogP contribution in [-0.2, 0) is 17.8 Å². The molecule has 5 atom stereocenters. The number of ether oxygens (including phenoxy) is 1. The summed E-state index contributed by atoms with van der Waals surface area (Å²) in [7, 11) is 0. The smallest absolute Gasteiger partial charge is 0.224 e. The average Bonchev–Trinajstić information content (AvgIpc) is 3.45. The van der Waals surface area contributed by atoms with E-state index in [0.29, 0.717) is 19.1 Å². The Morgan fingerprint density at radius 2 is 1.93 bits per heavy atom. The Kier molecular flexibility index (Phi) is 4.84. The summed E-state index contributed by atoms with van der Waals surface area (Å²) in [5.74, 6) is 5.18. The van der Waals surface area contributed by atoms with Gasteiger partial charge in [0.15, 0.2) is 0 Å². The van der Waals surface area contributed by atoms with Gasteiger partial charge >= 0.3 is 0 Å². The van der Waals surface area contributed by atoms with Crippen molar-refractivity contribution in [2.75, 3.05) is 0 Å². The first kappa shape index (κ1) is 18.7. The molecule has 154 valence electrons. The molecule has 5 rings (SSSR count). The van der Waals surface area contributed by atoms with E-state index in [9.17, 15) is 4.79 Å². The van der Waals surface area contributed by atoms with Crippen LogP contribution in [0.25, 0.3) is 0 Å². The van der Waals surface area contributed by atoms with Gasteiger partial charge in [-0.15, -0.1) is 0 Å². The molecule has 0 saturated heterocycles. The zero-order chi connectivity index (χ0) is 20.0. The van der Waals surface area contributed by atoms with E-state index in [1.54, 1.807) is 0 Å². The second-order valence-electron chi connectivity index (χ2n) is 9.24. The number of hydrogen-bond acceptors (Lipinski definition) is 4. The summed E-state index contributed by atoms with van der Waals surface area (Å²) in [6, 6.07) is 8.24. The Labute approximate surface area is 172 Å². The van der Waals surface area contributed by atoms with Crippen LogP contribution in [0.4, 0.5) is 0 Å². The van der Waals surface area contributed by atoms with Crippen LogP contribution in [0, 0.1) is 37.5 Å². The fourth-order valence-electron chi connectivity index (χ4n) is 6.24. The summed E-state index contributed by atoms with van der Waals surface area (Å²) in [5.41, 5.74) is 2.87. The van der Waals surface area contributed by atoms with E-state index < -0.39 is 0 Å². The van der Waals surface area contributed by atoms with Crippen molar-refractivity contribution >= 4 is 5.91 Å². The number of aryl methyl sites for hydroxylation is 2. The third kappa shape index (κ3) is 3.56. The minimum absolute atomic E-state index is 0.154. The molecular weight excluding hydrogens is 364 g/mol. The van der Waals surface area contributed by atoms with Crippen molar-refractivity contribution in [1.82, 2.24) is 10.5 Å². The first-order chi connectivity index (χ1) is 14.1. The molecule has 29 heavy (non-hydrogen) atoms. The number of nitrogens with zero attached hydrogens (tertiary/aromatic N) is 1. The van der Waals surface area contributed by atoms with Crippen LogP contribution < -0.4 is 10.1 Å². The van der Waals surface area contributed by atoms with Gasteiger partial charge in [0, 0.05) is 6.04 Å². The topological polar surface area (TPSA) is 64.4 Å². The predicted octanol–water partition coefficient (Wildman–Crippen LogP) is 4.35. The summed E-state index contributed by atoms with van der Waals surface area (Å²) in [6.07, 6.45) is 7.19. The van der Waals surface area contributed by atoms with Gasteiger partial charge in [-0.1, -0.05) is 23.7 Å². The quantitative estimate of drug-likeness (QED) is 0.791. The number of fused-ring (bicyclic) bond motifs is 5. The van der Waals surface area contributed by atoms with Gasteiger partial charge in [-0.05, 0) is 80.9 Å². The lowest BCUT2D eigenvalue weighted by atomic mass is 9.79. The monoisotopic (exact) mass is 394 g/mol. The molecule has 0 spiro atoms. The van der Waals surface area contributed by atoms with Crippen LogP contribution in [0.15, 0.2) is 28.8 Å². The normalized spacial score (nSPS) is 29.8. The van der Waals surface area contributed by atoms with Gasteiger partial charge < -0.3 is 14.6 Å². The van der Waals surface area contributed by atoms with Crippen molar-refractivity contribution in [2.24, 2.45) is 23.7 Å². The summed E-state index contributed by atoms with van der Waals surface area (Å²) in [6.45, 7) is 4.25. The molecule has 3 fully saturated rings. The van der Waals surface area contributed by atoms with E-state index in [1.165, 1.54) is 32.1 Å². The van der Waals surface area contributed by atoms with Crippen molar-refractivity contribution < 1.29 is 14.1 Å². The molecule has 0 radical (unpaired) electrons. The second kappa shape index (κ2) is 7.51. The summed E-state index contributed by atoms with van der Waals surface area (Å²) in [4.78, 5) is 12.6. The Morgan fingerprint density at radius 1 is 1.14 bits per heavy atom. The van der Waals surface area contributed by atoms with Crippen LogP contribution in [0.3, 0.4) is 0 Å². The molecule has 1 N–H and O–H groups in total. The lowest BCUT2D eigenvalue weighted by molar-refractivity contribution is -0.121. The SMILES string of the molecule is Cc1noc(C)c1COc1ccc(CC(=O)N[C@@H]2C[C@H]3C[C@H]2[C@H]2CCC[C@@H]32)cc1. The number of nitrogens with one attached hydrogen (secondary N) is 1. The van der Waals surface area contributed by atoms with E-state index in [0.717, 1.165) is 52.0 Å². The van der Waals surface area contributed by atoms with Crippen LogP contribution in [0.5, 0.6) is 5.75 Å². The zero-order valence-corrected chi connectivity index (χ0v) is 17.3. The summed E-state index contributed by atoms with van der Waals surface area (Å²) < 4.78 is 11.0. The third-order valence-corrected chi connectivity index (χ3v) is 7.63. The van der Waals surface area contributed by atoms with Gasteiger partial charge in [-0.3, -0.25) is 4.79 Å². The first-order valence-electron chi connectivity index (χ1n) is 11.0. The molecule has 0 unspecified atom stereocenters. The number of carbonyl (C=O) groups excluding carboxylic acids is 1. The fourth-order valence-corrected chi connectivity index (χ4v) is 6.24. The molecule has 2 bridgehead atoms. The highest BCUT2D eigenvalue weighted by Gasteiger charge is 2.53. The Bertz CT molecular complexity index is 869. The highest BCUT2D eigenvalue weighted by atomic mass is 16.5. The van der Waals surface area contributed by atoms with Crippen molar-refractivity contribution in [3.05, 3.63) is 46.8 Å². The van der Waals surface area contributed by atoms with Crippen LogP contribution >= 0.6 is 0 Å². The van der Waals surface area contributed by atoms with Crippen molar-refractivity contribution in [3.63, 3.8) is 0 Å². The van der Waals surface area contributed by atoms with Crippen LogP contribution in [0.1, 0.15) is 54.7 Å². The number of amides is 1. The number of benzene rings is 1. The molecule has 0 aliphatic heterocycles. The third-order valence-electron chi connectivity index (χ3n) is 7.63. The van der Waals surface area contributed by atoms with Crippen molar-refractivity contribution in [3.8, 4) is 5.75 Å². The Balaban J connectivity index is 1.13. The van der Waals surface area contributed by atoms with E-state index in [2.05, 4.69) is 10.5 Å². The van der Waals surface area contributed by atoms with Gasteiger partial charge in [0.25, 0.3) is 0 Å². The maximum atomic E-state index is 12.6. The minimum atomic E-state index is 0.154. The summed E-state index contributed by atoms with van der Waals surface area (Å²) in [5, 5.41) is 7.30. The lowest BCUT2D eigenvalue weighted by Crippen LogP contribution is -2.43. The number of rotatable bonds is 6. The van der Waals surface area contributed by atoms with Gasteiger partial charge in [0.1, 0.15) is 18.1 Å². The molecule has 3 aliphatic carbocycles. The highest BCUT2D eigenvalue weighted by Crippen LogP contribution is 2.58. The lowest BCUT2D eigenvalue weighted by Gasteiger charge is -2.32. The molecule has 1 aromatic heterocycles. The van der Waals surface area contributed by atoms with Gasteiger partial charge in [-0.25, -0.2) is 0 Å². The van der Waals surface area contributed by atoms with E-state index in [-0.39, 0.29) is 5.91 Å². The number of carbonyl (C=O) groups is 1. The van der Waals surface area contributed by atoms with Crippen molar-refractivity contribution in [2.45, 2.75) is 65.0 Å². The molecule has 3 saturated carbocycles. The molecule has 2 aromatic rings.